The maximum Gasteiger partial charge on any atom is -0.00929 e. The van der Waals surface area contributed by atoms with Gasteiger partial charge in [0.15, 0.2) is 0 Å². The minimum Gasteiger partial charge on any atom is -0.0821 e. The van der Waals surface area contributed by atoms with Gasteiger partial charge in [-0.25, -0.2) is 0 Å². The zero-order chi connectivity index (χ0) is 9.26. The second kappa shape index (κ2) is 3.37. The molecule has 0 radical (unpaired) electrons. The van der Waals surface area contributed by atoms with Gasteiger partial charge < -0.3 is 0 Å². The molecule has 2 rings (SSSR count). The van der Waals surface area contributed by atoms with Crippen LogP contribution in [0.25, 0.3) is 0 Å². The van der Waals surface area contributed by atoms with E-state index in [4.69, 9.17) is 0 Å². The van der Waals surface area contributed by atoms with E-state index >= 15 is 0 Å². The van der Waals surface area contributed by atoms with Crippen LogP contribution >= 0.6 is 0 Å². The third-order valence-electron chi connectivity index (χ3n) is 2.61. The van der Waals surface area contributed by atoms with E-state index in [2.05, 4.69) is 50.3 Å². The summed E-state index contributed by atoms with van der Waals surface area (Å²) >= 11 is 0. The van der Waals surface area contributed by atoms with Gasteiger partial charge in [-0.2, -0.15) is 0 Å². The van der Waals surface area contributed by atoms with Crippen LogP contribution in [0, 0.1) is 5.92 Å². The van der Waals surface area contributed by atoms with E-state index in [0.29, 0.717) is 0 Å². The summed E-state index contributed by atoms with van der Waals surface area (Å²) < 4.78 is 0. The first-order chi connectivity index (χ1) is 6.27. The van der Waals surface area contributed by atoms with Crippen molar-refractivity contribution in [3.05, 3.63) is 47.5 Å². The summed E-state index contributed by atoms with van der Waals surface area (Å²) in [4.78, 5) is 0. The Morgan fingerprint density at radius 1 is 1.23 bits per heavy atom. The number of hydrogen-bond acceptors (Lipinski definition) is 0. The van der Waals surface area contributed by atoms with E-state index in [9.17, 15) is 0 Å². The average molecular weight is 172 g/mol. The molecule has 0 nitrogen and oxygen atoms in total. The minimum absolute atomic E-state index is 0.802. The van der Waals surface area contributed by atoms with Gasteiger partial charge >= 0.3 is 0 Å². The topological polar surface area (TPSA) is 0 Å². The standard InChI is InChI=1S/C13H16/c1-10(2)8-12-9-13(12)11-6-4-3-5-7-11/h3-8,12-13H,9H2,1-2H3/t12-,13-/m1/s1. The fourth-order valence-corrected chi connectivity index (χ4v) is 1.91. The summed E-state index contributed by atoms with van der Waals surface area (Å²) in [7, 11) is 0. The molecular weight excluding hydrogens is 156 g/mol. The van der Waals surface area contributed by atoms with Crippen molar-refractivity contribution in [2.24, 2.45) is 5.92 Å². The van der Waals surface area contributed by atoms with Crippen molar-refractivity contribution in [3.63, 3.8) is 0 Å². The highest BCUT2D eigenvalue weighted by Crippen LogP contribution is 2.48. The summed E-state index contributed by atoms with van der Waals surface area (Å²) in [6.07, 6.45) is 3.74. The predicted octanol–water partition coefficient (Wildman–Crippen LogP) is 3.76. The van der Waals surface area contributed by atoms with Gasteiger partial charge in [-0.15, -0.1) is 0 Å². The van der Waals surface area contributed by atoms with Gasteiger partial charge in [0, 0.05) is 0 Å². The number of allylic oxidation sites excluding steroid dienone is 2. The maximum absolute atomic E-state index is 2.40. The maximum atomic E-state index is 2.40. The van der Waals surface area contributed by atoms with E-state index in [-0.39, 0.29) is 0 Å². The molecule has 1 fully saturated rings. The summed E-state index contributed by atoms with van der Waals surface area (Å²) in [6.45, 7) is 4.36. The quantitative estimate of drug-likeness (QED) is 0.596. The Kier molecular flexibility index (Phi) is 2.22. The first-order valence-electron chi connectivity index (χ1n) is 4.97. The Labute approximate surface area is 80.3 Å². The Bertz CT molecular complexity index is 304. The van der Waals surface area contributed by atoms with Gasteiger partial charge in [-0.1, -0.05) is 42.0 Å². The highest BCUT2D eigenvalue weighted by atomic mass is 14.4. The predicted molar refractivity (Wildman–Crippen MR) is 56.7 cm³/mol. The van der Waals surface area contributed by atoms with Crippen LogP contribution in [0.1, 0.15) is 31.7 Å². The van der Waals surface area contributed by atoms with Crippen LogP contribution in [0.3, 0.4) is 0 Å². The van der Waals surface area contributed by atoms with Gasteiger partial charge in [0.1, 0.15) is 0 Å². The first-order valence-corrected chi connectivity index (χ1v) is 4.97. The van der Waals surface area contributed by atoms with Crippen LogP contribution in [-0.2, 0) is 0 Å². The lowest BCUT2D eigenvalue weighted by Gasteiger charge is -1.96. The molecule has 0 bridgehead atoms. The smallest absolute Gasteiger partial charge is 0.00929 e. The van der Waals surface area contributed by atoms with E-state index in [1.165, 1.54) is 17.6 Å². The Morgan fingerprint density at radius 3 is 2.54 bits per heavy atom. The molecule has 0 unspecified atom stereocenters. The second-order valence-electron chi connectivity index (χ2n) is 4.16. The molecule has 13 heavy (non-hydrogen) atoms. The molecule has 1 aliphatic rings. The van der Waals surface area contributed by atoms with Gasteiger partial charge in [0.2, 0.25) is 0 Å². The summed E-state index contributed by atoms with van der Waals surface area (Å²) in [5.74, 6) is 1.61. The number of hydrogen-bond donors (Lipinski definition) is 0. The van der Waals surface area contributed by atoms with Crippen molar-refractivity contribution in [1.29, 1.82) is 0 Å². The van der Waals surface area contributed by atoms with Gasteiger partial charge in [0.25, 0.3) is 0 Å². The van der Waals surface area contributed by atoms with Crippen LogP contribution < -0.4 is 0 Å². The van der Waals surface area contributed by atoms with Crippen LogP contribution in [0.5, 0.6) is 0 Å². The lowest BCUT2D eigenvalue weighted by Crippen LogP contribution is -1.80. The molecule has 0 aromatic heterocycles. The van der Waals surface area contributed by atoms with E-state index < -0.39 is 0 Å². The van der Waals surface area contributed by atoms with Crippen molar-refractivity contribution in [3.8, 4) is 0 Å². The zero-order valence-corrected chi connectivity index (χ0v) is 8.33. The largest absolute Gasteiger partial charge is 0.0821 e. The highest BCUT2D eigenvalue weighted by molar-refractivity contribution is 5.28. The molecule has 1 saturated carbocycles. The molecule has 1 aliphatic carbocycles. The number of benzene rings is 1. The molecule has 0 N–H and O–H groups in total. The fourth-order valence-electron chi connectivity index (χ4n) is 1.91. The van der Waals surface area contributed by atoms with Crippen molar-refractivity contribution < 1.29 is 0 Å². The fraction of sp³-hybridized carbons (Fsp3) is 0.385. The van der Waals surface area contributed by atoms with Crippen molar-refractivity contribution in [2.75, 3.05) is 0 Å². The van der Waals surface area contributed by atoms with Crippen LogP contribution in [0.4, 0.5) is 0 Å². The van der Waals surface area contributed by atoms with Gasteiger partial charge in [0.05, 0.1) is 0 Å². The zero-order valence-electron chi connectivity index (χ0n) is 8.33. The SMILES string of the molecule is CC(C)=C[C@@H]1C[C@@H]1c1ccccc1. The molecule has 0 heteroatoms. The second-order valence-corrected chi connectivity index (χ2v) is 4.16. The van der Waals surface area contributed by atoms with Crippen molar-refractivity contribution >= 4 is 0 Å². The van der Waals surface area contributed by atoms with Crippen LogP contribution in [-0.4, -0.2) is 0 Å². The lowest BCUT2D eigenvalue weighted by molar-refractivity contribution is 0.996. The average Bonchev–Trinajstić information content (AvgIpc) is 2.84. The summed E-state index contributed by atoms with van der Waals surface area (Å²) in [6, 6.07) is 10.8. The summed E-state index contributed by atoms with van der Waals surface area (Å²) in [5.41, 5.74) is 2.95. The van der Waals surface area contributed by atoms with E-state index in [0.717, 1.165) is 11.8 Å². The van der Waals surface area contributed by atoms with Crippen LogP contribution in [0.2, 0.25) is 0 Å². The van der Waals surface area contributed by atoms with Crippen LogP contribution in [0.15, 0.2) is 42.0 Å². The Balaban J connectivity index is 2.05. The molecule has 0 amide bonds. The van der Waals surface area contributed by atoms with Gasteiger partial charge in [-0.05, 0) is 37.7 Å². The molecular formula is C13H16. The normalized spacial score (nSPS) is 25.4. The molecule has 0 spiro atoms. The molecule has 68 valence electrons. The van der Waals surface area contributed by atoms with Crippen molar-refractivity contribution in [1.82, 2.24) is 0 Å². The monoisotopic (exact) mass is 172 g/mol. The van der Waals surface area contributed by atoms with E-state index in [1.54, 1.807) is 0 Å². The highest BCUT2D eigenvalue weighted by Gasteiger charge is 2.35. The molecule has 2 atom stereocenters. The van der Waals surface area contributed by atoms with E-state index in [1.807, 2.05) is 0 Å². The Hall–Kier alpha value is -1.04. The summed E-state index contributed by atoms with van der Waals surface area (Å²) in [5, 5.41) is 0. The Morgan fingerprint density at radius 2 is 1.92 bits per heavy atom. The third kappa shape index (κ3) is 2.00. The molecule has 0 saturated heterocycles. The minimum atomic E-state index is 0.802. The first kappa shape index (κ1) is 8.55. The van der Waals surface area contributed by atoms with Gasteiger partial charge in [-0.3, -0.25) is 0 Å². The van der Waals surface area contributed by atoms with Crippen molar-refractivity contribution in [2.45, 2.75) is 26.2 Å². The molecule has 0 heterocycles. The number of rotatable bonds is 2. The lowest BCUT2D eigenvalue weighted by atomic mass is 10.1. The molecule has 1 aromatic rings. The molecule has 0 aliphatic heterocycles. The molecule has 1 aromatic carbocycles. The third-order valence-corrected chi connectivity index (χ3v) is 2.61.